The summed E-state index contributed by atoms with van der Waals surface area (Å²) in [4.78, 5) is 61.9. The molecule has 0 radical (unpaired) electrons. The normalized spacial score (nSPS) is 13.4. The van der Waals surface area contributed by atoms with Crippen LogP contribution in [0.4, 0.5) is 9.59 Å². The molecule has 2 rings (SSSR count). The second-order valence-corrected chi connectivity index (χ2v) is 5.14. The van der Waals surface area contributed by atoms with Crippen molar-refractivity contribution in [2.24, 2.45) is 0 Å². The molecule has 1 aliphatic rings. The van der Waals surface area contributed by atoms with Crippen molar-refractivity contribution in [2.75, 3.05) is 14.2 Å². The maximum Gasteiger partial charge on any atom is 0.513 e. The molecule has 28 heavy (non-hydrogen) atoms. The molecule has 1 aromatic carbocycles. The monoisotopic (exact) mass is 393 g/mol. The smallest absolute Gasteiger partial charge is 0.437 e. The van der Waals surface area contributed by atoms with Gasteiger partial charge in [0.15, 0.2) is 11.5 Å². The highest BCUT2D eigenvalue weighted by Gasteiger charge is 2.32. The molecule has 1 aliphatic heterocycles. The summed E-state index contributed by atoms with van der Waals surface area (Å²) in [5.41, 5.74) is 0.340. The van der Waals surface area contributed by atoms with Crippen molar-refractivity contribution in [3.05, 3.63) is 29.8 Å². The Balaban J connectivity index is 2.14. The fourth-order valence-electron chi connectivity index (χ4n) is 2.00. The highest BCUT2D eigenvalue weighted by Crippen LogP contribution is 2.29. The molecule has 11 nitrogen and oxygen atoms in total. The molecule has 0 saturated carbocycles. The van der Waals surface area contributed by atoms with Gasteiger partial charge in [0, 0.05) is 18.9 Å². The van der Waals surface area contributed by atoms with Crippen molar-refractivity contribution >= 4 is 36.2 Å². The molecule has 0 atom stereocenters. The van der Waals surface area contributed by atoms with Crippen LogP contribution in [0.3, 0.4) is 0 Å². The number of carbonyl (C=O) groups excluding carboxylic acids is 5. The first-order valence-corrected chi connectivity index (χ1v) is 7.75. The van der Waals surface area contributed by atoms with E-state index in [0.29, 0.717) is 10.6 Å². The molecule has 11 heteroatoms. The predicted octanol–water partition coefficient (Wildman–Crippen LogP) is 1.60. The highest BCUT2D eigenvalue weighted by atomic mass is 16.7. The summed E-state index contributed by atoms with van der Waals surface area (Å²) in [5, 5.41) is 0.408. The Labute approximate surface area is 158 Å². The van der Waals surface area contributed by atoms with Crippen molar-refractivity contribution in [1.82, 2.24) is 5.06 Å². The molecule has 1 aromatic rings. The minimum Gasteiger partial charge on any atom is -0.437 e. The van der Waals surface area contributed by atoms with Crippen LogP contribution in [0.5, 0.6) is 11.5 Å². The Kier molecular flexibility index (Phi) is 6.68. The molecule has 0 aromatic heterocycles. The van der Waals surface area contributed by atoms with Gasteiger partial charge in [-0.2, -0.15) is 0 Å². The average molecular weight is 393 g/mol. The molecule has 0 N–H and O–H groups in total. The highest BCUT2D eigenvalue weighted by molar-refractivity contribution is 6.02. The van der Waals surface area contributed by atoms with Crippen LogP contribution < -0.4 is 9.47 Å². The summed E-state index contributed by atoms with van der Waals surface area (Å²) in [7, 11) is 2.19. The lowest BCUT2D eigenvalue weighted by Crippen LogP contribution is -2.31. The van der Waals surface area contributed by atoms with E-state index < -0.39 is 30.1 Å². The third-order valence-corrected chi connectivity index (χ3v) is 3.29. The molecule has 2 amide bonds. The van der Waals surface area contributed by atoms with Crippen molar-refractivity contribution in [3.8, 4) is 11.5 Å². The van der Waals surface area contributed by atoms with Crippen molar-refractivity contribution in [1.29, 1.82) is 0 Å². The van der Waals surface area contributed by atoms with Crippen LogP contribution in [0.2, 0.25) is 0 Å². The summed E-state index contributed by atoms with van der Waals surface area (Å²) in [6.45, 7) is 0. The van der Waals surface area contributed by atoms with Gasteiger partial charge in [0.1, 0.15) is 0 Å². The van der Waals surface area contributed by atoms with Crippen molar-refractivity contribution in [3.63, 3.8) is 0 Å². The average Bonchev–Trinajstić information content (AvgIpc) is 2.99. The zero-order valence-electron chi connectivity index (χ0n) is 14.8. The number of rotatable bonds is 5. The van der Waals surface area contributed by atoms with Gasteiger partial charge in [-0.05, 0) is 23.8 Å². The van der Waals surface area contributed by atoms with Crippen LogP contribution in [0.15, 0.2) is 24.3 Å². The van der Waals surface area contributed by atoms with Crippen LogP contribution in [0.1, 0.15) is 18.4 Å². The lowest BCUT2D eigenvalue weighted by molar-refractivity contribution is -0.193. The van der Waals surface area contributed by atoms with Gasteiger partial charge < -0.3 is 23.8 Å². The van der Waals surface area contributed by atoms with Crippen molar-refractivity contribution < 1.29 is 47.8 Å². The molecular formula is C17H15NO10. The second-order valence-electron chi connectivity index (χ2n) is 5.14. The SMILES string of the molecule is COC(=O)Oc1ccc(/C=C/C(=O)ON2C(=O)CCC2=O)cc1OC(=O)OC. The molecule has 0 unspecified atom stereocenters. The van der Waals surface area contributed by atoms with E-state index in [9.17, 15) is 24.0 Å². The predicted molar refractivity (Wildman–Crippen MR) is 88.7 cm³/mol. The van der Waals surface area contributed by atoms with Gasteiger partial charge in [0.05, 0.1) is 14.2 Å². The van der Waals surface area contributed by atoms with Crippen LogP contribution >= 0.6 is 0 Å². The zero-order valence-corrected chi connectivity index (χ0v) is 14.8. The fourth-order valence-corrected chi connectivity index (χ4v) is 2.00. The van der Waals surface area contributed by atoms with E-state index in [1.165, 1.54) is 24.3 Å². The third-order valence-electron chi connectivity index (χ3n) is 3.29. The lowest BCUT2D eigenvalue weighted by Gasteiger charge is -2.11. The van der Waals surface area contributed by atoms with Gasteiger partial charge in [0.2, 0.25) is 0 Å². The molecule has 148 valence electrons. The van der Waals surface area contributed by atoms with E-state index in [1.54, 1.807) is 0 Å². The first kappa shape index (κ1) is 20.4. The first-order chi connectivity index (χ1) is 13.3. The molecule has 0 bridgehead atoms. The van der Waals surface area contributed by atoms with Crippen LogP contribution in [0, 0.1) is 0 Å². The van der Waals surface area contributed by atoms with E-state index in [-0.39, 0.29) is 24.3 Å². The third kappa shape index (κ3) is 5.30. The minimum atomic E-state index is -1.07. The van der Waals surface area contributed by atoms with Gasteiger partial charge in [0.25, 0.3) is 11.8 Å². The number of carbonyl (C=O) groups is 5. The molecule has 0 spiro atoms. The molecule has 0 aliphatic carbocycles. The maximum absolute atomic E-state index is 11.8. The Bertz CT molecular complexity index is 828. The van der Waals surface area contributed by atoms with Gasteiger partial charge in [-0.1, -0.05) is 6.07 Å². The Hall–Kier alpha value is -3.89. The number of hydrogen-bond donors (Lipinski definition) is 0. The minimum absolute atomic E-state index is 0.0221. The first-order valence-electron chi connectivity index (χ1n) is 7.75. The van der Waals surface area contributed by atoms with E-state index in [2.05, 4.69) is 14.3 Å². The fraction of sp³-hybridized carbons (Fsp3) is 0.235. The van der Waals surface area contributed by atoms with Gasteiger partial charge in [-0.3, -0.25) is 9.59 Å². The summed E-state index contributed by atoms with van der Waals surface area (Å²) in [6.07, 6.45) is 0.0659. The van der Waals surface area contributed by atoms with Crippen LogP contribution in [0.25, 0.3) is 6.08 Å². The quantitative estimate of drug-likeness (QED) is 0.314. The number of methoxy groups -OCH3 is 2. The number of nitrogens with zero attached hydrogens (tertiary/aromatic N) is 1. The van der Waals surface area contributed by atoms with E-state index in [0.717, 1.165) is 20.3 Å². The van der Waals surface area contributed by atoms with Crippen LogP contribution in [-0.2, 0) is 28.7 Å². The topological polar surface area (TPSA) is 135 Å². The number of imide groups is 1. The largest absolute Gasteiger partial charge is 0.513 e. The summed E-state index contributed by atoms with van der Waals surface area (Å²) in [5.74, 6) is -2.49. The summed E-state index contributed by atoms with van der Waals surface area (Å²) < 4.78 is 18.5. The molecule has 1 fully saturated rings. The summed E-state index contributed by atoms with van der Waals surface area (Å²) in [6, 6.07) is 3.98. The number of hydroxylamine groups is 2. The Morgan fingerprint density at radius 2 is 1.50 bits per heavy atom. The van der Waals surface area contributed by atoms with Crippen LogP contribution in [-0.4, -0.2) is 49.4 Å². The second kappa shape index (κ2) is 9.16. The van der Waals surface area contributed by atoms with Crippen molar-refractivity contribution in [2.45, 2.75) is 12.8 Å². The number of benzene rings is 1. The van der Waals surface area contributed by atoms with Gasteiger partial charge >= 0.3 is 18.3 Å². The standard InChI is InChI=1S/C17H15NO10/c1-24-16(22)26-11-5-3-10(9-12(11)27-17(23)25-2)4-8-15(21)28-18-13(19)6-7-14(18)20/h3-5,8-9H,6-7H2,1-2H3/b8-4+. The Morgan fingerprint density at radius 3 is 2.07 bits per heavy atom. The van der Waals surface area contributed by atoms with E-state index in [4.69, 9.17) is 9.47 Å². The maximum atomic E-state index is 11.8. The van der Waals surface area contributed by atoms with E-state index >= 15 is 0 Å². The number of ether oxygens (including phenoxy) is 4. The Morgan fingerprint density at radius 1 is 0.929 bits per heavy atom. The zero-order chi connectivity index (χ0) is 20.7. The molecule has 1 heterocycles. The number of hydrogen-bond acceptors (Lipinski definition) is 10. The van der Waals surface area contributed by atoms with Gasteiger partial charge in [-0.25, -0.2) is 14.4 Å². The van der Waals surface area contributed by atoms with E-state index in [1.807, 2.05) is 0 Å². The summed E-state index contributed by atoms with van der Waals surface area (Å²) >= 11 is 0. The van der Waals surface area contributed by atoms with Gasteiger partial charge in [-0.15, -0.1) is 5.06 Å². The lowest BCUT2D eigenvalue weighted by atomic mass is 10.2. The number of amides is 2. The molecular weight excluding hydrogens is 378 g/mol. The molecule has 1 saturated heterocycles.